The van der Waals surface area contributed by atoms with Gasteiger partial charge in [-0.05, 0) is 27.4 Å². The summed E-state index contributed by atoms with van der Waals surface area (Å²) >= 11 is 5.07. The summed E-state index contributed by atoms with van der Waals surface area (Å²) in [5.74, 6) is 0.801. The molecule has 3 N–H and O–H groups in total. The van der Waals surface area contributed by atoms with Gasteiger partial charge in [0.2, 0.25) is 0 Å². The van der Waals surface area contributed by atoms with Crippen LogP contribution >= 0.6 is 27.3 Å². The van der Waals surface area contributed by atoms with Gasteiger partial charge in [-0.25, -0.2) is 4.98 Å². The van der Waals surface area contributed by atoms with E-state index in [1.807, 2.05) is 17.5 Å². The molecule has 0 fully saturated rings. The minimum absolute atomic E-state index is 0.434. The highest BCUT2D eigenvalue weighted by Gasteiger charge is 2.09. The van der Waals surface area contributed by atoms with Crippen LogP contribution in [0.5, 0.6) is 0 Å². The van der Waals surface area contributed by atoms with Crippen LogP contribution in [0.3, 0.4) is 0 Å². The lowest BCUT2D eigenvalue weighted by Crippen LogP contribution is -1.97. The number of nitrogens with two attached hydrogens (primary N) is 1. The van der Waals surface area contributed by atoms with Crippen LogP contribution in [0.25, 0.3) is 10.6 Å². The Kier molecular flexibility index (Phi) is 2.48. The predicted molar refractivity (Wildman–Crippen MR) is 57.5 cm³/mol. The minimum atomic E-state index is 0.434. The molecular weight excluding hydrogens is 250 g/mol. The fraction of sp³-hybridized carbons (Fsp3) is 0.125. The highest BCUT2D eigenvalue weighted by molar-refractivity contribution is 9.10. The summed E-state index contributed by atoms with van der Waals surface area (Å²) < 4.78 is 0.899. The summed E-state index contributed by atoms with van der Waals surface area (Å²) in [7, 11) is 0. The smallest absolute Gasteiger partial charge is 0.121 e. The number of H-pyrrole nitrogens is 1. The predicted octanol–water partition coefficient (Wildman–Crippen LogP) is 2.36. The molecule has 0 atom stereocenters. The molecule has 0 saturated carbocycles. The van der Waals surface area contributed by atoms with Gasteiger partial charge in [0, 0.05) is 0 Å². The number of aromatic nitrogens is 2. The Bertz CT molecular complexity index is 393. The molecule has 0 aliphatic carbocycles. The lowest BCUT2D eigenvalue weighted by Gasteiger charge is -1.88. The van der Waals surface area contributed by atoms with Crippen molar-refractivity contribution in [3.63, 3.8) is 0 Å². The molecular formula is C8H8BrN3S. The molecule has 0 bridgehead atoms. The molecule has 0 aromatic carbocycles. The number of imidazole rings is 1. The van der Waals surface area contributed by atoms with Crippen LogP contribution in [0.1, 0.15) is 5.82 Å². The van der Waals surface area contributed by atoms with E-state index in [-0.39, 0.29) is 0 Å². The second-order valence-corrected chi connectivity index (χ2v) is 4.27. The molecule has 0 radical (unpaired) electrons. The van der Waals surface area contributed by atoms with E-state index in [1.54, 1.807) is 11.3 Å². The monoisotopic (exact) mass is 257 g/mol. The lowest BCUT2D eigenvalue weighted by molar-refractivity contribution is 0.948. The van der Waals surface area contributed by atoms with E-state index in [1.165, 1.54) is 0 Å². The molecule has 0 aliphatic heterocycles. The number of nitrogens with zero attached hydrogens (tertiary/aromatic N) is 1. The first kappa shape index (κ1) is 8.93. The molecule has 0 spiro atoms. The van der Waals surface area contributed by atoms with Crippen molar-refractivity contribution in [1.82, 2.24) is 9.97 Å². The summed E-state index contributed by atoms with van der Waals surface area (Å²) in [6, 6.07) is 4.04. The van der Waals surface area contributed by atoms with Crippen molar-refractivity contribution in [2.75, 3.05) is 0 Å². The molecule has 2 rings (SSSR count). The summed E-state index contributed by atoms with van der Waals surface area (Å²) in [6.45, 7) is 0.434. The second-order valence-electron chi connectivity index (χ2n) is 2.53. The van der Waals surface area contributed by atoms with E-state index < -0.39 is 0 Å². The minimum Gasteiger partial charge on any atom is -0.335 e. The van der Waals surface area contributed by atoms with E-state index >= 15 is 0 Å². The zero-order chi connectivity index (χ0) is 9.26. The summed E-state index contributed by atoms with van der Waals surface area (Å²) in [6.07, 6.45) is 0. The van der Waals surface area contributed by atoms with Crippen LogP contribution in [0.15, 0.2) is 22.1 Å². The molecule has 3 nitrogen and oxygen atoms in total. The highest BCUT2D eigenvalue weighted by atomic mass is 79.9. The fourth-order valence-corrected chi connectivity index (χ4v) is 2.45. The zero-order valence-electron chi connectivity index (χ0n) is 6.75. The van der Waals surface area contributed by atoms with E-state index in [2.05, 4.69) is 25.9 Å². The van der Waals surface area contributed by atoms with Crippen molar-refractivity contribution < 1.29 is 0 Å². The Hall–Kier alpha value is -0.650. The van der Waals surface area contributed by atoms with Crippen molar-refractivity contribution in [1.29, 1.82) is 0 Å². The standard InChI is InChI=1S/C8H8BrN3S/c9-8-7(5-2-1-3-13-5)11-6(4-10)12-8/h1-3H,4,10H2,(H,11,12). The van der Waals surface area contributed by atoms with E-state index in [0.717, 1.165) is 21.0 Å². The lowest BCUT2D eigenvalue weighted by atomic mass is 10.4. The van der Waals surface area contributed by atoms with Gasteiger partial charge in [0.15, 0.2) is 0 Å². The number of rotatable bonds is 2. The zero-order valence-corrected chi connectivity index (χ0v) is 9.15. The quantitative estimate of drug-likeness (QED) is 0.868. The first-order chi connectivity index (χ1) is 6.31. The van der Waals surface area contributed by atoms with E-state index in [0.29, 0.717) is 6.54 Å². The molecule has 0 aliphatic rings. The molecule has 5 heteroatoms. The molecule has 2 heterocycles. The molecule has 2 aromatic heterocycles. The molecule has 0 saturated heterocycles. The molecule has 13 heavy (non-hydrogen) atoms. The fourth-order valence-electron chi connectivity index (χ4n) is 1.07. The van der Waals surface area contributed by atoms with Crippen LogP contribution in [0, 0.1) is 0 Å². The van der Waals surface area contributed by atoms with Gasteiger partial charge in [-0.2, -0.15) is 0 Å². The van der Waals surface area contributed by atoms with Crippen LogP contribution in [-0.2, 0) is 6.54 Å². The average molecular weight is 258 g/mol. The van der Waals surface area contributed by atoms with Crippen molar-refractivity contribution in [3.05, 3.63) is 27.9 Å². The number of thiophene rings is 1. The van der Waals surface area contributed by atoms with Gasteiger partial charge >= 0.3 is 0 Å². The van der Waals surface area contributed by atoms with Crippen molar-refractivity contribution in [2.24, 2.45) is 5.73 Å². The number of nitrogens with one attached hydrogen (secondary N) is 1. The number of aromatic amines is 1. The summed E-state index contributed by atoms with van der Waals surface area (Å²) in [4.78, 5) is 8.57. The maximum atomic E-state index is 5.47. The van der Waals surface area contributed by atoms with E-state index in [9.17, 15) is 0 Å². The van der Waals surface area contributed by atoms with Crippen LogP contribution < -0.4 is 5.73 Å². The van der Waals surface area contributed by atoms with E-state index in [4.69, 9.17) is 5.73 Å². The number of hydrogen-bond acceptors (Lipinski definition) is 3. The summed E-state index contributed by atoms with van der Waals surface area (Å²) in [5.41, 5.74) is 6.41. The Labute approximate surface area is 88.1 Å². The van der Waals surface area contributed by atoms with Gasteiger partial charge in [-0.3, -0.25) is 0 Å². The van der Waals surface area contributed by atoms with Crippen molar-refractivity contribution >= 4 is 27.3 Å². The number of halogens is 1. The topological polar surface area (TPSA) is 54.7 Å². The molecule has 68 valence electrons. The maximum absolute atomic E-state index is 5.47. The Balaban J connectivity index is 2.46. The Morgan fingerprint density at radius 1 is 1.62 bits per heavy atom. The van der Waals surface area contributed by atoms with Gasteiger partial charge in [0.1, 0.15) is 16.1 Å². The third-order valence-corrected chi connectivity index (χ3v) is 3.11. The van der Waals surface area contributed by atoms with Gasteiger partial charge < -0.3 is 10.7 Å². The largest absolute Gasteiger partial charge is 0.335 e. The van der Waals surface area contributed by atoms with Crippen LogP contribution in [0.4, 0.5) is 0 Å². The second kappa shape index (κ2) is 3.61. The SMILES string of the molecule is NCc1nc(-c2cccs2)c(Br)[nH]1. The third kappa shape index (κ3) is 1.67. The normalized spacial score (nSPS) is 10.6. The van der Waals surface area contributed by atoms with Gasteiger partial charge in [-0.15, -0.1) is 11.3 Å². The average Bonchev–Trinajstić information content (AvgIpc) is 2.72. The van der Waals surface area contributed by atoms with Crippen molar-refractivity contribution in [2.45, 2.75) is 6.54 Å². The van der Waals surface area contributed by atoms with Crippen LogP contribution in [0.2, 0.25) is 0 Å². The van der Waals surface area contributed by atoms with Gasteiger partial charge in [-0.1, -0.05) is 6.07 Å². The summed E-state index contributed by atoms with van der Waals surface area (Å²) in [5, 5.41) is 2.03. The first-order valence-electron chi connectivity index (χ1n) is 3.79. The maximum Gasteiger partial charge on any atom is 0.121 e. The molecule has 0 amide bonds. The van der Waals surface area contributed by atoms with Crippen molar-refractivity contribution in [3.8, 4) is 10.6 Å². The Morgan fingerprint density at radius 3 is 3.00 bits per heavy atom. The molecule has 2 aromatic rings. The van der Waals surface area contributed by atoms with Gasteiger partial charge in [0.25, 0.3) is 0 Å². The Morgan fingerprint density at radius 2 is 2.46 bits per heavy atom. The molecule has 0 unspecified atom stereocenters. The highest BCUT2D eigenvalue weighted by Crippen LogP contribution is 2.29. The van der Waals surface area contributed by atoms with Crippen LogP contribution in [-0.4, -0.2) is 9.97 Å². The van der Waals surface area contributed by atoms with Gasteiger partial charge in [0.05, 0.1) is 11.4 Å². The first-order valence-corrected chi connectivity index (χ1v) is 5.47. The number of hydrogen-bond donors (Lipinski definition) is 2. The third-order valence-electron chi connectivity index (χ3n) is 1.66.